The lowest BCUT2D eigenvalue weighted by molar-refractivity contribution is 0.640. The Morgan fingerprint density at radius 2 is 2.38 bits per heavy atom. The van der Waals surface area contributed by atoms with E-state index in [2.05, 4.69) is 29.5 Å². The molecule has 3 nitrogen and oxygen atoms in total. The molecule has 16 heavy (non-hydrogen) atoms. The molecule has 2 rings (SSSR count). The van der Waals surface area contributed by atoms with E-state index < -0.39 is 0 Å². The van der Waals surface area contributed by atoms with Crippen molar-refractivity contribution >= 4 is 11.3 Å². The van der Waals surface area contributed by atoms with Gasteiger partial charge >= 0.3 is 0 Å². The van der Waals surface area contributed by atoms with Crippen molar-refractivity contribution in [3.8, 4) is 0 Å². The molecule has 1 aromatic heterocycles. The second kappa shape index (κ2) is 5.57. The van der Waals surface area contributed by atoms with Crippen LogP contribution in [-0.2, 0) is 13.0 Å². The van der Waals surface area contributed by atoms with Crippen molar-refractivity contribution < 1.29 is 0 Å². The summed E-state index contributed by atoms with van der Waals surface area (Å²) in [6.45, 7) is 8.40. The zero-order valence-corrected chi connectivity index (χ0v) is 10.8. The summed E-state index contributed by atoms with van der Waals surface area (Å²) in [6, 6.07) is 0. The van der Waals surface area contributed by atoms with E-state index in [4.69, 9.17) is 0 Å². The molecule has 1 aliphatic heterocycles. The Morgan fingerprint density at radius 3 is 2.94 bits per heavy atom. The van der Waals surface area contributed by atoms with Gasteiger partial charge in [-0.05, 0) is 18.9 Å². The molecule has 0 amide bonds. The number of nitrogens with one attached hydrogen (secondary N) is 2. The van der Waals surface area contributed by atoms with Crippen LogP contribution in [0.15, 0.2) is 17.3 Å². The first-order valence-corrected chi connectivity index (χ1v) is 6.63. The van der Waals surface area contributed by atoms with Crippen LogP contribution in [0.1, 0.15) is 23.7 Å². The maximum atomic E-state index is 4.39. The zero-order valence-electron chi connectivity index (χ0n) is 9.97. The highest BCUT2D eigenvalue weighted by Gasteiger charge is 2.10. The maximum absolute atomic E-state index is 4.39. The Bertz CT molecular complexity index is 375. The minimum absolute atomic E-state index is 0.892. The van der Waals surface area contributed by atoms with Gasteiger partial charge in [-0.15, -0.1) is 11.3 Å². The number of hydrogen-bond donors (Lipinski definition) is 2. The third-order valence-corrected chi connectivity index (χ3v) is 4.04. The molecule has 2 N–H and O–H groups in total. The van der Waals surface area contributed by atoms with E-state index in [9.17, 15) is 0 Å². The van der Waals surface area contributed by atoms with Crippen LogP contribution in [0.3, 0.4) is 0 Å². The summed E-state index contributed by atoms with van der Waals surface area (Å²) in [5.41, 5.74) is 3.03. The number of nitrogens with zero attached hydrogens (tertiary/aromatic N) is 1. The standard InChI is InChI=1S/C12H19N3S/c1-3-11-7-15-12(16-11)8-13-4-9(2)10-5-14-6-10/h7,13-14H,3-6,8H2,1-2H3. The molecule has 88 valence electrons. The van der Waals surface area contributed by atoms with Gasteiger partial charge in [0.1, 0.15) is 5.01 Å². The van der Waals surface area contributed by atoms with Crippen molar-refractivity contribution in [3.63, 3.8) is 0 Å². The number of aryl methyl sites for hydroxylation is 1. The van der Waals surface area contributed by atoms with Gasteiger partial charge in [-0.2, -0.15) is 0 Å². The lowest BCUT2D eigenvalue weighted by Crippen LogP contribution is -2.36. The van der Waals surface area contributed by atoms with Gasteiger partial charge in [0.15, 0.2) is 0 Å². The molecule has 0 radical (unpaired) electrons. The van der Waals surface area contributed by atoms with E-state index >= 15 is 0 Å². The SMILES string of the molecule is CCc1cnc(CNCC(C)=C2CNC2)s1. The van der Waals surface area contributed by atoms with Gasteiger partial charge in [-0.25, -0.2) is 4.98 Å². The molecule has 0 atom stereocenters. The first-order valence-electron chi connectivity index (χ1n) is 5.82. The number of hydrogen-bond acceptors (Lipinski definition) is 4. The van der Waals surface area contributed by atoms with Crippen molar-refractivity contribution in [1.82, 2.24) is 15.6 Å². The highest BCUT2D eigenvalue weighted by molar-refractivity contribution is 7.11. The normalized spacial score (nSPS) is 15.0. The Labute approximate surface area is 101 Å². The first kappa shape index (κ1) is 11.8. The molecule has 0 bridgehead atoms. The largest absolute Gasteiger partial charge is 0.309 e. The molecule has 1 saturated heterocycles. The van der Waals surface area contributed by atoms with Crippen LogP contribution in [0.4, 0.5) is 0 Å². The lowest BCUT2D eigenvalue weighted by atomic mass is 10.0. The van der Waals surface area contributed by atoms with Crippen LogP contribution < -0.4 is 10.6 Å². The molecule has 1 fully saturated rings. The number of rotatable bonds is 5. The van der Waals surface area contributed by atoms with Crippen LogP contribution in [-0.4, -0.2) is 24.6 Å². The van der Waals surface area contributed by atoms with Crippen LogP contribution in [0.2, 0.25) is 0 Å². The van der Waals surface area contributed by atoms with Crippen molar-refractivity contribution in [3.05, 3.63) is 27.2 Å². The van der Waals surface area contributed by atoms with Gasteiger partial charge in [0.05, 0.1) is 0 Å². The van der Waals surface area contributed by atoms with Crippen LogP contribution in [0.25, 0.3) is 0 Å². The summed E-state index contributed by atoms with van der Waals surface area (Å²) in [6.07, 6.45) is 3.08. The van der Waals surface area contributed by atoms with Gasteiger partial charge in [-0.1, -0.05) is 12.5 Å². The van der Waals surface area contributed by atoms with Gasteiger partial charge in [0, 0.05) is 37.3 Å². The zero-order chi connectivity index (χ0) is 11.4. The van der Waals surface area contributed by atoms with Gasteiger partial charge in [0.2, 0.25) is 0 Å². The fourth-order valence-electron chi connectivity index (χ4n) is 1.63. The Balaban J connectivity index is 1.75. The number of aromatic nitrogens is 1. The highest BCUT2D eigenvalue weighted by Crippen LogP contribution is 2.13. The average Bonchev–Trinajstić information content (AvgIpc) is 2.63. The van der Waals surface area contributed by atoms with E-state index in [1.165, 1.54) is 15.5 Å². The lowest BCUT2D eigenvalue weighted by Gasteiger charge is -2.22. The fourth-order valence-corrected chi connectivity index (χ4v) is 2.46. The number of thiazole rings is 1. The summed E-state index contributed by atoms with van der Waals surface area (Å²) in [5.74, 6) is 0. The monoisotopic (exact) mass is 237 g/mol. The van der Waals surface area contributed by atoms with E-state index in [-0.39, 0.29) is 0 Å². The third-order valence-electron chi connectivity index (χ3n) is 2.90. The molecular weight excluding hydrogens is 218 g/mol. The van der Waals surface area contributed by atoms with Crippen molar-refractivity contribution in [2.45, 2.75) is 26.8 Å². The summed E-state index contributed by atoms with van der Waals surface area (Å²) in [5, 5.41) is 7.91. The smallest absolute Gasteiger partial charge is 0.107 e. The molecular formula is C12H19N3S. The van der Waals surface area contributed by atoms with Crippen molar-refractivity contribution in [2.24, 2.45) is 0 Å². The molecule has 0 spiro atoms. The second-order valence-electron chi connectivity index (χ2n) is 4.16. The summed E-state index contributed by atoms with van der Waals surface area (Å²) in [7, 11) is 0. The molecule has 0 saturated carbocycles. The predicted octanol–water partition coefficient (Wildman–Crippen LogP) is 1.71. The molecule has 1 aromatic rings. The maximum Gasteiger partial charge on any atom is 0.107 e. The average molecular weight is 237 g/mol. The van der Waals surface area contributed by atoms with Crippen LogP contribution in [0.5, 0.6) is 0 Å². The molecule has 0 aliphatic carbocycles. The van der Waals surface area contributed by atoms with Gasteiger partial charge < -0.3 is 10.6 Å². The van der Waals surface area contributed by atoms with Gasteiger partial charge in [-0.3, -0.25) is 0 Å². The summed E-state index contributed by atoms with van der Waals surface area (Å²) in [4.78, 5) is 5.76. The molecule has 1 aliphatic rings. The quantitative estimate of drug-likeness (QED) is 0.766. The second-order valence-corrected chi connectivity index (χ2v) is 5.36. The van der Waals surface area contributed by atoms with E-state index in [0.29, 0.717) is 0 Å². The Morgan fingerprint density at radius 1 is 1.56 bits per heavy atom. The minimum atomic E-state index is 0.892. The molecule has 4 heteroatoms. The predicted molar refractivity (Wildman–Crippen MR) is 68.8 cm³/mol. The van der Waals surface area contributed by atoms with E-state index in [1.807, 2.05) is 17.5 Å². The fraction of sp³-hybridized carbons (Fsp3) is 0.583. The first-order chi connectivity index (χ1) is 7.79. The third kappa shape index (κ3) is 2.90. The van der Waals surface area contributed by atoms with Gasteiger partial charge in [0.25, 0.3) is 0 Å². The molecule has 0 unspecified atom stereocenters. The topological polar surface area (TPSA) is 37.0 Å². The van der Waals surface area contributed by atoms with Crippen LogP contribution in [0, 0.1) is 0 Å². The Hall–Kier alpha value is -0.710. The van der Waals surface area contributed by atoms with Crippen LogP contribution >= 0.6 is 11.3 Å². The van der Waals surface area contributed by atoms with E-state index in [1.54, 1.807) is 5.57 Å². The van der Waals surface area contributed by atoms with E-state index in [0.717, 1.165) is 32.6 Å². The minimum Gasteiger partial charge on any atom is -0.309 e. The summed E-state index contributed by atoms with van der Waals surface area (Å²) >= 11 is 1.81. The molecule has 2 heterocycles. The summed E-state index contributed by atoms with van der Waals surface area (Å²) < 4.78 is 0. The highest BCUT2D eigenvalue weighted by atomic mass is 32.1. The molecule has 0 aromatic carbocycles. The Kier molecular flexibility index (Phi) is 4.09. The van der Waals surface area contributed by atoms with Crippen molar-refractivity contribution in [1.29, 1.82) is 0 Å². The van der Waals surface area contributed by atoms with Crippen molar-refractivity contribution in [2.75, 3.05) is 19.6 Å².